The number of carbonyl (C=O) groups excluding carboxylic acids is 1. The molecule has 0 unspecified atom stereocenters. The lowest BCUT2D eigenvalue weighted by atomic mass is 9.95. The zero-order chi connectivity index (χ0) is 32.6. The van der Waals surface area contributed by atoms with Crippen LogP contribution < -0.4 is 5.32 Å². The molecule has 0 radical (unpaired) electrons. The minimum absolute atomic E-state index is 0.204. The summed E-state index contributed by atoms with van der Waals surface area (Å²) >= 11 is 0. The maximum absolute atomic E-state index is 12.6. The van der Waals surface area contributed by atoms with Crippen LogP contribution in [-0.2, 0) is 48.3 Å². The predicted octanol–water partition coefficient (Wildman–Crippen LogP) is 7.31. The van der Waals surface area contributed by atoms with Crippen molar-refractivity contribution in [2.45, 2.75) is 91.0 Å². The molecule has 0 aromatic heterocycles. The number of allylic oxidation sites excluding steroid dienone is 3. The standard InChI is InChI=1S/C39H49NO6/c1-29(2)15-14-16-30(3)23-24-43-39-36(40-31(4)41)38(45-27-34-21-12-7-13-22-34)37(44-26-33-19-10-6-11-20-33)35(46-39)28-42-25-32-17-8-5-9-18-32/h5-13,15,17-23,35-39H,14,16,24-28H2,1-4H3,(H,40,41)/b30-23-/t35-,36-,37+,38-,39-/m1/s1. The second-order valence-corrected chi connectivity index (χ2v) is 12.0. The Morgan fingerprint density at radius 2 is 1.26 bits per heavy atom. The fraction of sp³-hybridized carbons (Fsp3) is 0.410. The molecule has 0 spiro atoms. The smallest absolute Gasteiger partial charge is 0.217 e. The molecule has 3 aromatic carbocycles. The first-order valence-corrected chi connectivity index (χ1v) is 16.1. The topological polar surface area (TPSA) is 75.3 Å². The number of hydrogen-bond acceptors (Lipinski definition) is 6. The normalized spacial score (nSPS) is 21.5. The Hall–Kier alpha value is -3.59. The Morgan fingerprint density at radius 1 is 0.717 bits per heavy atom. The highest BCUT2D eigenvalue weighted by atomic mass is 16.7. The van der Waals surface area contributed by atoms with Crippen molar-refractivity contribution in [2.75, 3.05) is 13.2 Å². The number of amides is 1. The van der Waals surface area contributed by atoms with Crippen molar-refractivity contribution in [3.63, 3.8) is 0 Å². The Balaban J connectivity index is 1.58. The van der Waals surface area contributed by atoms with Gasteiger partial charge in [0.2, 0.25) is 5.91 Å². The third kappa shape index (κ3) is 12.0. The molecule has 0 aliphatic carbocycles. The zero-order valence-corrected chi connectivity index (χ0v) is 27.6. The van der Waals surface area contributed by atoms with Crippen LogP contribution in [0.4, 0.5) is 0 Å². The van der Waals surface area contributed by atoms with Gasteiger partial charge in [-0.1, -0.05) is 114 Å². The summed E-state index contributed by atoms with van der Waals surface area (Å²) in [6.07, 6.45) is 3.79. The molecule has 1 fully saturated rings. The summed E-state index contributed by atoms with van der Waals surface area (Å²) in [5, 5.41) is 3.07. The van der Waals surface area contributed by atoms with Gasteiger partial charge in [-0.15, -0.1) is 0 Å². The first kappa shape index (κ1) is 35.3. The van der Waals surface area contributed by atoms with Crippen LogP contribution in [0.5, 0.6) is 0 Å². The molecule has 1 saturated heterocycles. The molecule has 3 aromatic rings. The molecule has 4 rings (SSSR count). The molecule has 5 atom stereocenters. The number of nitrogens with one attached hydrogen (secondary N) is 1. The first-order chi connectivity index (χ1) is 22.4. The van der Waals surface area contributed by atoms with Crippen molar-refractivity contribution in [2.24, 2.45) is 0 Å². The fourth-order valence-electron chi connectivity index (χ4n) is 5.34. The Kier molecular flexibility index (Phi) is 14.7. The molecule has 1 N–H and O–H groups in total. The molecule has 46 heavy (non-hydrogen) atoms. The Labute approximate surface area is 274 Å². The van der Waals surface area contributed by atoms with Gasteiger partial charge in [0.05, 0.1) is 33.0 Å². The lowest BCUT2D eigenvalue weighted by Gasteiger charge is -2.46. The highest BCUT2D eigenvalue weighted by Crippen LogP contribution is 2.29. The average molecular weight is 628 g/mol. The minimum Gasteiger partial charge on any atom is -0.374 e. The van der Waals surface area contributed by atoms with Gasteiger partial charge in [-0.05, 0) is 50.3 Å². The summed E-state index contributed by atoms with van der Waals surface area (Å²) in [5.74, 6) is -0.204. The lowest BCUT2D eigenvalue weighted by molar-refractivity contribution is -0.288. The van der Waals surface area contributed by atoms with E-state index in [2.05, 4.69) is 38.2 Å². The van der Waals surface area contributed by atoms with Crippen LogP contribution in [0, 0.1) is 0 Å². The van der Waals surface area contributed by atoms with Crippen LogP contribution in [0.3, 0.4) is 0 Å². The number of carbonyl (C=O) groups is 1. The summed E-state index contributed by atoms with van der Waals surface area (Å²) in [5.41, 5.74) is 5.64. The lowest BCUT2D eigenvalue weighted by Crippen LogP contribution is -2.66. The van der Waals surface area contributed by atoms with E-state index in [1.165, 1.54) is 18.1 Å². The number of ether oxygens (including phenoxy) is 5. The molecule has 7 nitrogen and oxygen atoms in total. The first-order valence-electron chi connectivity index (χ1n) is 16.1. The van der Waals surface area contributed by atoms with E-state index in [0.717, 1.165) is 29.5 Å². The van der Waals surface area contributed by atoms with Gasteiger partial charge in [-0.2, -0.15) is 0 Å². The monoisotopic (exact) mass is 627 g/mol. The van der Waals surface area contributed by atoms with Gasteiger partial charge >= 0.3 is 0 Å². The van der Waals surface area contributed by atoms with Crippen LogP contribution >= 0.6 is 0 Å². The van der Waals surface area contributed by atoms with Crippen LogP contribution in [-0.4, -0.2) is 49.8 Å². The minimum atomic E-state index is -0.784. The third-order valence-electron chi connectivity index (χ3n) is 7.76. The van der Waals surface area contributed by atoms with E-state index in [9.17, 15) is 4.79 Å². The van der Waals surface area contributed by atoms with E-state index < -0.39 is 30.6 Å². The van der Waals surface area contributed by atoms with Gasteiger partial charge in [-0.3, -0.25) is 4.79 Å². The van der Waals surface area contributed by atoms with E-state index >= 15 is 0 Å². The molecule has 1 aliphatic heterocycles. The van der Waals surface area contributed by atoms with E-state index in [1.807, 2.05) is 91.0 Å². The molecule has 7 heteroatoms. The fourth-order valence-corrected chi connectivity index (χ4v) is 5.34. The second-order valence-electron chi connectivity index (χ2n) is 12.0. The molecular weight excluding hydrogens is 578 g/mol. The van der Waals surface area contributed by atoms with Crippen molar-refractivity contribution < 1.29 is 28.5 Å². The summed E-state index contributed by atoms with van der Waals surface area (Å²) in [6.45, 7) is 9.51. The highest BCUT2D eigenvalue weighted by Gasteiger charge is 2.48. The predicted molar refractivity (Wildman–Crippen MR) is 181 cm³/mol. The largest absolute Gasteiger partial charge is 0.374 e. The second kappa shape index (κ2) is 19.2. The van der Waals surface area contributed by atoms with Crippen LogP contribution in [0.15, 0.2) is 114 Å². The third-order valence-corrected chi connectivity index (χ3v) is 7.76. The Morgan fingerprint density at radius 3 is 1.80 bits per heavy atom. The molecule has 0 bridgehead atoms. The number of benzene rings is 3. The van der Waals surface area contributed by atoms with Crippen molar-refractivity contribution in [1.29, 1.82) is 0 Å². The summed E-state index contributed by atoms with van der Waals surface area (Å²) in [6, 6.07) is 29.4. The van der Waals surface area contributed by atoms with Gasteiger partial charge in [0.15, 0.2) is 6.29 Å². The van der Waals surface area contributed by atoms with Gasteiger partial charge in [-0.25, -0.2) is 0 Å². The quantitative estimate of drug-likeness (QED) is 0.158. The average Bonchev–Trinajstić information content (AvgIpc) is 3.05. The van der Waals surface area contributed by atoms with Crippen molar-refractivity contribution in [1.82, 2.24) is 5.32 Å². The number of hydrogen-bond donors (Lipinski definition) is 1. The summed E-state index contributed by atoms with van der Waals surface area (Å²) in [7, 11) is 0. The van der Waals surface area contributed by atoms with E-state index in [1.54, 1.807) is 0 Å². The van der Waals surface area contributed by atoms with Gasteiger partial charge in [0, 0.05) is 6.92 Å². The summed E-state index contributed by atoms with van der Waals surface area (Å²) in [4.78, 5) is 12.6. The zero-order valence-electron chi connectivity index (χ0n) is 27.6. The van der Waals surface area contributed by atoms with Gasteiger partial charge in [0.25, 0.3) is 0 Å². The molecule has 1 amide bonds. The van der Waals surface area contributed by atoms with Crippen molar-refractivity contribution in [3.05, 3.63) is 131 Å². The van der Waals surface area contributed by atoms with Crippen LogP contribution in [0.2, 0.25) is 0 Å². The van der Waals surface area contributed by atoms with E-state index in [-0.39, 0.29) is 12.5 Å². The molecule has 246 valence electrons. The van der Waals surface area contributed by atoms with Crippen molar-refractivity contribution in [3.8, 4) is 0 Å². The molecule has 0 saturated carbocycles. The Bertz CT molecular complexity index is 1360. The number of rotatable bonds is 17. The molecule has 1 heterocycles. The van der Waals surface area contributed by atoms with Gasteiger partial charge < -0.3 is 29.0 Å². The van der Waals surface area contributed by atoms with Gasteiger partial charge in [0.1, 0.15) is 24.4 Å². The van der Waals surface area contributed by atoms with E-state index in [0.29, 0.717) is 26.4 Å². The van der Waals surface area contributed by atoms with Crippen LogP contribution in [0.25, 0.3) is 0 Å². The maximum atomic E-state index is 12.6. The molecular formula is C39H49NO6. The molecule has 1 aliphatic rings. The maximum Gasteiger partial charge on any atom is 0.217 e. The summed E-state index contributed by atoms with van der Waals surface area (Å²) < 4.78 is 32.4. The van der Waals surface area contributed by atoms with Crippen molar-refractivity contribution >= 4 is 5.91 Å². The highest BCUT2D eigenvalue weighted by molar-refractivity contribution is 5.73. The SMILES string of the molecule is CC(=O)N[C@H]1[C@H](OC/C=C(/C)CCC=C(C)C)O[C@H](COCc2ccccc2)[C@H](OCc2ccccc2)[C@@H]1OCc1ccccc1. The van der Waals surface area contributed by atoms with E-state index in [4.69, 9.17) is 23.7 Å². The van der Waals surface area contributed by atoms with Crippen LogP contribution in [0.1, 0.15) is 57.2 Å².